The molecule has 0 saturated heterocycles. The van der Waals surface area contributed by atoms with E-state index in [9.17, 15) is 17.6 Å². The quantitative estimate of drug-likeness (QED) is 0.473. The highest BCUT2D eigenvalue weighted by molar-refractivity contribution is 7.98. The molecule has 0 spiro atoms. The number of methoxy groups -OCH3 is 1. The van der Waals surface area contributed by atoms with Gasteiger partial charge in [-0.15, -0.1) is 11.8 Å². The van der Waals surface area contributed by atoms with Crippen LogP contribution in [0.15, 0.2) is 17.0 Å². The normalized spacial score (nSPS) is 11.6. The first kappa shape index (κ1) is 14.1. The van der Waals surface area contributed by atoms with Crippen LogP contribution in [-0.4, -0.2) is 20.2 Å². The largest absolute Gasteiger partial charge is 0.464 e. The smallest absolute Gasteiger partial charge is 0.420 e. The maximum absolute atomic E-state index is 13.7. The number of halogens is 4. The summed E-state index contributed by atoms with van der Waals surface area (Å²) < 4.78 is 60.6. The third-order valence-electron chi connectivity index (χ3n) is 1.91. The van der Waals surface area contributed by atoms with Gasteiger partial charge in [-0.3, -0.25) is 0 Å². The molecule has 17 heavy (non-hydrogen) atoms. The third-order valence-corrected chi connectivity index (χ3v) is 2.66. The van der Waals surface area contributed by atoms with E-state index in [4.69, 9.17) is 0 Å². The molecule has 2 nitrogen and oxygen atoms in total. The van der Waals surface area contributed by atoms with Crippen molar-refractivity contribution in [1.82, 2.24) is 0 Å². The van der Waals surface area contributed by atoms with Gasteiger partial charge >= 0.3 is 6.18 Å². The van der Waals surface area contributed by atoms with Gasteiger partial charge in [-0.2, -0.15) is 13.2 Å². The predicted molar refractivity (Wildman–Crippen MR) is 55.7 cm³/mol. The van der Waals surface area contributed by atoms with E-state index in [0.29, 0.717) is 0 Å². The van der Waals surface area contributed by atoms with Gasteiger partial charge in [0.05, 0.1) is 0 Å². The van der Waals surface area contributed by atoms with E-state index in [0.717, 1.165) is 23.9 Å². The van der Waals surface area contributed by atoms with Crippen molar-refractivity contribution in [2.24, 2.45) is 0 Å². The molecule has 0 heterocycles. The lowest BCUT2D eigenvalue weighted by Gasteiger charge is -2.15. The summed E-state index contributed by atoms with van der Waals surface area (Å²) in [7, 11) is 1.24. The molecular formula is C10H10F4O2S. The molecular weight excluding hydrogens is 260 g/mol. The molecule has 0 saturated carbocycles. The van der Waals surface area contributed by atoms with Gasteiger partial charge in [0, 0.05) is 12.0 Å². The highest BCUT2D eigenvalue weighted by Crippen LogP contribution is 2.40. The van der Waals surface area contributed by atoms with Crippen LogP contribution in [0, 0.1) is 5.82 Å². The topological polar surface area (TPSA) is 18.5 Å². The van der Waals surface area contributed by atoms with Crippen molar-refractivity contribution in [3.05, 3.63) is 23.5 Å². The number of alkyl halides is 3. The predicted octanol–water partition coefficient (Wildman–Crippen LogP) is 3.55. The second kappa shape index (κ2) is 5.59. The van der Waals surface area contributed by atoms with Crippen molar-refractivity contribution >= 4 is 11.8 Å². The Bertz CT molecular complexity index is 393. The molecule has 0 N–H and O–H groups in total. The molecule has 1 aromatic rings. The molecule has 0 unspecified atom stereocenters. The molecule has 0 amide bonds. The summed E-state index contributed by atoms with van der Waals surface area (Å²) >= 11 is 0.999. The fourth-order valence-electron chi connectivity index (χ4n) is 1.18. The van der Waals surface area contributed by atoms with Gasteiger partial charge in [0.1, 0.15) is 5.56 Å². The van der Waals surface area contributed by atoms with Gasteiger partial charge in [0.2, 0.25) is 0 Å². The standard InChI is InChI=1S/C10H10F4O2S/c1-15-5-16-9-6(10(12,13)14)3-4-7(17-2)8(9)11/h3-4H,5H2,1-2H3. The average Bonchev–Trinajstić information content (AvgIpc) is 2.25. The van der Waals surface area contributed by atoms with Gasteiger partial charge in [0.25, 0.3) is 0 Å². The second-order valence-corrected chi connectivity index (χ2v) is 3.86. The maximum Gasteiger partial charge on any atom is 0.420 e. The molecule has 0 bridgehead atoms. The van der Waals surface area contributed by atoms with Crippen LogP contribution in [0.1, 0.15) is 5.56 Å². The Hall–Kier alpha value is -0.950. The summed E-state index contributed by atoms with van der Waals surface area (Å²) in [6.45, 7) is -0.447. The third kappa shape index (κ3) is 3.26. The monoisotopic (exact) mass is 270 g/mol. The number of thioether (sulfide) groups is 1. The SMILES string of the molecule is COCOc1c(C(F)(F)F)ccc(SC)c1F. The zero-order valence-electron chi connectivity index (χ0n) is 9.10. The lowest BCUT2D eigenvalue weighted by atomic mass is 10.2. The molecule has 0 aliphatic rings. The van der Waals surface area contributed by atoms with Gasteiger partial charge in [-0.05, 0) is 18.4 Å². The molecule has 96 valence electrons. The lowest BCUT2D eigenvalue weighted by molar-refractivity contribution is -0.140. The molecule has 0 atom stereocenters. The average molecular weight is 270 g/mol. The fourth-order valence-corrected chi connectivity index (χ4v) is 1.65. The number of ether oxygens (including phenoxy) is 2. The number of rotatable bonds is 4. The van der Waals surface area contributed by atoms with Crippen LogP contribution in [0.5, 0.6) is 5.75 Å². The van der Waals surface area contributed by atoms with Crippen LogP contribution >= 0.6 is 11.8 Å². The lowest BCUT2D eigenvalue weighted by Crippen LogP contribution is -2.12. The summed E-state index contributed by atoms with van der Waals surface area (Å²) in [5, 5.41) is 0. The van der Waals surface area contributed by atoms with Crippen molar-refractivity contribution in [2.45, 2.75) is 11.1 Å². The Balaban J connectivity index is 3.25. The number of hydrogen-bond acceptors (Lipinski definition) is 3. The maximum atomic E-state index is 13.7. The Morgan fingerprint density at radius 2 is 1.94 bits per heavy atom. The van der Waals surface area contributed by atoms with Crippen molar-refractivity contribution in [3.8, 4) is 5.75 Å². The summed E-state index contributed by atoms with van der Waals surface area (Å²) in [6, 6.07) is 1.86. The van der Waals surface area contributed by atoms with Crippen LogP contribution in [0.3, 0.4) is 0 Å². The first-order chi connectivity index (χ1) is 7.91. The van der Waals surface area contributed by atoms with E-state index in [2.05, 4.69) is 9.47 Å². The van der Waals surface area contributed by atoms with Crippen molar-refractivity contribution in [2.75, 3.05) is 20.2 Å². The zero-order chi connectivity index (χ0) is 13.1. The van der Waals surface area contributed by atoms with Crippen LogP contribution in [0.25, 0.3) is 0 Å². The molecule has 1 aromatic carbocycles. The van der Waals surface area contributed by atoms with Gasteiger partial charge < -0.3 is 9.47 Å². The summed E-state index contributed by atoms with van der Waals surface area (Å²) in [5.41, 5.74) is -1.15. The molecule has 0 aliphatic heterocycles. The number of benzene rings is 1. The first-order valence-electron chi connectivity index (χ1n) is 4.47. The Kier molecular flexibility index (Phi) is 4.64. The van der Waals surface area contributed by atoms with Crippen LogP contribution < -0.4 is 4.74 Å². The van der Waals surface area contributed by atoms with Gasteiger partial charge in [-0.1, -0.05) is 0 Å². The second-order valence-electron chi connectivity index (χ2n) is 3.01. The van der Waals surface area contributed by atoms with Crippen molar-refractivity contribution < 1.29 is 27.0 Å². The zero-order valence-corrected chi connectivity index (χ0v) is 9.91. The van der Waals surface area contributed by atoms with Crippen molar-refractivity contribution in [3.63, 3.8) is 0 Å². The minimum atomic E-state index is -4.67. The van der Waals surface area contributed by atoms with Gasteiger partial charge in [-0.25, -0.2) is 4.39 Å². The Morgan fingerprint density at radius 1 is 1.29 bits per heavy atom. The van der Waals surface area contributed by atoms with Crippen molar-refractivity contribution in [1.29, 1.82) is 0 Å². The van der Waals surface area contributed by atoms with Gasteiger partial charge in [0.15, 0.2) is 18.4 Å². The first-order valence-corrected chi connectivity index (χ1v) is 5.69. The van der Waals surface area contributed by atoms with E-state index in [1.54, 1.807) is 6.26 Å². The van der Waals surface area contributed by atoms with Crippen LogP contribution in [0.2, 0.25) is 0 Å². The summed E-state index contributed by atoms with van der Waals surface area (Å²) in [5.74, 6) is -1.85. The van der Waals surface area contributed by atoms with E-state index >= 15 is 0 Å². The molecule has 0 fully saturated rings. The molecule has 0 aromatic heterocycles. The van der Waals surface area contributed by atoms with E-state index < -0.39 is 30.1 Å². The minimum absolute atomic E-state index is 0.0871. The Morgan fingerprint density at radius 3 is 2.41 bits per heavy atom. The van der Waals surface area contributed by atoms with E-state index in [1.165, 1.54) is 7.11 Å². The number of hydrogen-bond donors (Lipinski definition) is 0. The Labute approximate surface area is 99.9 Å². The summed E-state index contributed by atoms with van der Waals surface area (Å²) in [4.78, 5) is 0.0871. The molecule has 1 rings (SSSR count). The summed E-state index contributed by atoms with van der Waals surface area (Å²) in [6.07, 6.45) is -3.10. The highest BCUT2D eigenvalue weighted by atomic mass is 32.2. The fraction of sp³-hybridized carbons (Fsp3) is 0.400. The van der Waals surface area contributed by atoms with Crippen LogP contribution in [-0.2, 0) is 10.9 Å². The van der Waals surface area contributed by atoms with E-state index in [1.807, 2.05) is 0 Å². The highest BCUT2D eigenvalue weighted by Gasteiger charge is 2.36. The minimum Gasteiger partial charge on any atom is -0.464 e. The van der Waals surface area contributed by atoms with Crippen LogP contribution in [0.4, 0.5) is 17.6 Å². The van der Waals surface area contributed by atoms with E-state index in [-0.39, 0.29) is 4.90 Å². The molecule has 0 aliphatic carbocycles. The molecule has 7 heteroatoms. The molecule has 0 radical (unpaired) electrons.